The topological polar surface area (TPSA) is 72.5 Å². The number of ether oxygens (including phenoxy) is 1. The summed E-state index contributed by atoms with van der Waals surface area (Å²) in [7, 11) is 1.46. The van der Waals surface area contributed by atoms with Crippen LogP contribution in [0.15, 0.2) is 29.2 Å². The number of anilines is 1. The second kappa shape index (κ2) is 5.26. The van der Waals surface area contributed by atoms with Gasteiger partial charge in [0.2, 0.25) is 5.91 Å². The van der Waals surface area contributed by atoms with Crippen molar-refractivity contribution in [2.24, 2.45) is 5.92 Å². The van der Waals surface area contributed by atoms with Crippen LogP contribution in [0.4, 0.5) is 5.69 Å². The van der Waals surface area contributed by atoms with E-state index < -0.39 is 9.05 Å². The minimum absolute atomic E-state index is 0.00589. The largest absolute Gasteiger partial charge is 0.381 e. The van der Waals surface area contributed by atoms with Gasteiger partial charge in [0, 0.05) is 23.0 Å². The highest BCUT2D eigenvalue weighted by molar-refractivity contribution is 8.13. The number of halogens is 1. The molecule has 2 rings (SSSR count). The quantitative estimate of drug-likeness (QED) is 0.858. The van der Waals surface area contributed by atoms with Crippen LogP contribution in [0.5, 0.6) is 0 Å². The lowest BCUT2D eigenvalue weighted by atomic mass is 10.1. The summed E-state index contributed by atoms with van der Waals surface area (Å²) < 4.78 is 27.2. The van der Waals surface area contributed by atoms with Crippen molar-refractivity contribution >= 4 is 31.3 Å². The third kappa shape index (κ3) is 3.22. The van der Waals surface area contributed by atoms with Gasteiger partial charge in [0.1, 0.15) is 0 Å². The SMILES string of the molecule is O=C(Nc1ccc(S(=O)(=O)Cl)cc1)C1CCOC1. The van der Waals surface area contributed by atoms with Gasteiger partial charge < -0.3 is 10.1 Å². The Hall–Kier alpha value is -1.11. The Morgan fingerprint density at radius 1 is 1.33 bits per heavy atom. The molecule has 1 saturated heterocycles. The van der Waals surface area contributed by atoms with Crippen LogP contribution in [0.1, 0.15) is 6.42 Å². The van der Waals surface area contributed by atoms with Crippen LogP contribution < -0.4 is 5.32 Å². The van der Waals surface area contributed by atoms with E-state index in [0.29, 0.717) is 25.3 Å². The molecule has 0 radical (unpaired) electrons. The van der Waals surface area contributed by atoms with Crippen LogP contribution in [-0.2, 0) is 18.6 Å². The Kier molecular flexibility index (Phi) is 3.89. The molecule has 1 heterocycles. The maximum atomic E-state index is 11.8. The van der Waals surface area contributed by atoms with Gasteiger partial charge in [-0.2, -0.15) is 0 Å². The molecule has 1 aromatic carbocycles. The minimum atomic E-state index is -3.72. The van der Waals surface area contributed by atoms with E-state index in [9.17, 15) is 13.2 Å². The van der Waals surface area contributed by atoms with E-state index in [4.69, 9.17) is 15.4 Å². The van der Waals surface area contributed by atoms with E-state index in [0.717, 1.165) is 0 Å². The average Bonchev–Trinajstić information content (AvgIpc) is 2.82. The molecule has 0 spiro atoms. The highest BCUT2D eigenvalue weighted by Crippen LogP contribution is 2.19. The maximum absolute atomic E-state index is 11.8. The van der Waals surface area contributed by atoms with Crippen molar-refractivity contribution in [2.45, 2.75) is 11.3 Å². The van der Waals surface area contributed by atoms with Crippen LogP contribution in [0.3, 0.4) is 0 Å². The summed E-state index contributed by atoms with van der Waals surface area (Å²) in [6, 6.07) is 5.71. The molecule has 1 N–H and O–H groups in total. The van der Waals surface area contributed by atoms with Crippen LogP contribution >= 0.6 is 10.7 Å². The van der Waals surface area contributed by atoms with Crippen molar-refractivity contribution in [1.29, 1.82) is 0 Å². The van der Waals surface area contributed by atoms with Crippen molar-refractivity contribution in [3.05, 3.63) is 24.3 Å². The van der Waals surface area contributed by atoms with Gasteiger partial charge in [-0.1, -0.05) is 0 Å². The predicted molar refractivity (Wildman–Crippen MR) is 67.0 cm³/mol. The highest BCUT2D eigenvalue weighted by atomic mass is 35.7. The first-order chi connectivity index (χ1) is 8.47. The van der Waals surface area contributed by atoms with Crippen molar-refractivity contribution in [1.82, 2.24) is 0 Å². The fraction of sp³-hybridized carbons (Fsp3) is 0.364. The smallest absolute Gasteiger partial charge is 0.261 e. The van der Waals surface area contributed by atoms with Crippen LogP contribution in [0.2, 0.25) is 0 Å². The van der Waals surface area contributed by atoms with E-state index in [1.54, 1.807) is 0 Å². The zero-order valence-electron chi connectivity index (χ0n) is 9.43. The molecule has 1 atom stereocenters. The number of carbonyl (C=O) groups excluding carboxylic acids is 1. The first kappa shape index (κ1) is 13.3. The second-order valence-corrected chi connectivity index (χ2v) is 6.58. The molecular weight excluding hydrogens is 278 g/mol. The lowest BCUT2D eigenvalue weighted by molar-refractivity contribution is -0.119. The molecule has 1 aromatic rings. The molecule has 0 aliphatic carbocycles. The first-order valence-corrected chi connectivity index (χ1v) is 7.71. The van der Waals surface area contributed by atoms with Crippen LogP contribution in [-0.4, -0.2) is 27.5 Å². The third-order valence-corrected chi connectivity index (χ3v) is 4.07. The minimum Gasteiger partial charge on any atom is -0.381 e. The zero-order valence-corrected chi connectivity index (χ0v) is 11.0. The number of hydrogen-bond donors (Lipinski definition) is 1. The van der Waals surface area contributed by atoms with Gasteiger partial charge in [-0.05, 0) is 30.7 Å². The maximum Gasteiger partial charge on any atom is 0.261 e. The number of carbonyl (C=O) groups is 1. The number of nitrogens with one attached hydrogen (secondary N) is 1. The average molecular weight is 290 g/mol. The second-order valence-electron chi connectivity index (χ2n) is 4.01. The molecule has 5 nitrogen and oxygen atoms in total. The summed E-state index contributed by atoms with van der Waals surface area (Å²) >= 11 is 0. The van der Waals surface area contributed by atoms with Gasteiger partial charge >= 0.3 is 0 Å². The molecule has 0 aromatic heterocycles. The summed E-state index contributed by atoms with van der Waals surface area (Å²) in [5, 5.41) is 2.71. The Balaban J connectivity index is 2.04. The first-order valence-electron chi connectivity index (χ1n) is 5.40. The summed E-state index contributed by atoms with van der Waals surface area (Å²) in [4.78, 5) is 11.8. The van der Waals surface area contributed by atoms with Gasteiger partial charge in [-0.25, -0.2) is 8.42 Å². The monoisotopic (exact) mass is 289 g/mol. The van der Waals surface area contributed by atoms with Crippen LogP contribution in [0, 0.1) is 5.92 Å². The summed E-state index contributed by atoms with van der Waals surface area (Å²) in [6.45, 7) is 1.03. The summed E-state index contributed by atoms with van der Waals surface area (Å²) in [5.41, 5.74) is 0.538. The third-order valence-electron chi connectivity index (χ3n) is 2.70. The van der Waals surface area contributed by atoms with E-state index in [2.05, 4.69) is 5.32 Å². The molecule has 1 aliphatic rings. The Labute approximate surface area is 110 Å². The molecule has 18 heavy (non-hydrogen) atoms. The number of benzene rings is 1. The molecule has 1 aliphatic heterocycles. The molecule has 98 valence electrons. The molecule has 1 fully saturated rings. The summed E-state index contributed by atoms with van der Waals surface area (Å²) in [6.07, 6.45) is 0.708. The molecule has 0 bridgehead atoms. The summed E-state index contributed by atoms with van der Waals surface area (Å²) in [5.74, 6) is -0.254. The number of rotatable bonds is 3. The van der Waals surface area contributed by atoms with E-state index in [1.807, 2.05) is 0 Å². The van der Waals surface area contributed by atoms with E-state index in [1.165, 1.54) is 24.3 Å². The molecule has 1 amide bonds. The Morgan fingerprint density at radius 2 is 2.00 bits per heavy atom. The normalized spacial score (nSPS) is 19.7. The molecule has 0 saturated carbocycles. The van der Waals surface area contributed by atoms with E-state index >= 15 is 0 Å². The van der Waals surface area contributed by atoms with Gasteiger partial charge in [-0.3, -0.25) is 4.79 Å². The van der Waals surface area contributed by atoms with Gasteiger partial charge in [0.05, 0.1) is 17.4 Å². The zero-order chi connectivity index (χ0) is 13.2. The highest BCUT2D eigenvalue weighted by Gasteiger charge is 2.23. The van der Waals surface area contributed by atoms with E-state index in [-0.39, 0.29) is 16.7 Å². The van der Waals surface area contributed by atoms with Gasteiger partial charge in [-0.15, -0.1) is 0 Å². The molecule has 7 heteroatoms. The Bertz CT molecular complexity index is 535. The fourth-order valence-corrected chi connectivity index (χ4v) is 2.46. The number of hydrogen-bond acceptors (Lipinski definition) is 4. The standard InChI is InChI=1S/C11H12ClNO4S/c12-18(15,16)10-3-1-9(2-4-10)13-11(14)8-5-6-17-7-8/h1-4,8H,5-7H2,(H,13,14). The van der Waals surface area contributed by atoms with Crippen molar-refractivity contribution in [2.75, 3.05) is 18.5 Å². The lowest BCUT2D eigenvalue weighted by Gasteiger charge is -2.09. The van der Waals surface area contributed by atoms with Crippen molar-refractivity contribution in [3.63, 3.8) is 0 Å². The van der Waals surface area contributed by atoms with Gasteiger partial charge in [0.25, 0.3) is 9.05 Å². The van der Waals surface area contributed by atoms with Crippen LogP contribution in [0.25, 0.3) is 0 Å². The number of amides is 1. The van der Waals surface area contributed by atoms with Crippen molar-refractivity contribution in [3.8, 4) is 0 Å². The van der Waals surface area contributed by atoms with Gasteiger partial charge in [0.15, 0.2) is 0 Å². The molecule has 1 unspecified atom stereocenters. The predicted octanol–water partition coefficient (Wildman–Crippen LogP) is 1.59. The van der Waals surface area contributed by atoms with Crippen molar-refractivity contribution < 1.29 is 17.9 Å². The Morgan fingerprint density at radius 3 is 2.50 bits per heavy atom. The fourth-order valence-electron chi connectivity index (χ4n) is 1.69. The molecular formula is C11H12ClNO4S. The lowest BCUT2D eigenvalue weighted by Crippen LogP contribution is -2.22.